The molecule has 19 heavy (non-hydrogen) atoms. The van der Waals surface area contributed by atoms with Crippen LogP contribution in [0.3, 0.4) is 0 Å². The van der Waals surface area contributed by atoms with E-state index >= 15 is 0 Å². The third-order valence-corrected chi connectivity index (χ3v) is 4.02. The Labute approximate surface area is 114 Å². The summed E-state index contributed by atoms with van der Waals surface area (Å²) in [6.45, 7) is 2.82. The zero-order chi connectivity index (χ0) is 14.0. The van der Waals surface area contributed by atoms with E-state index in [-0.39, 0.29) is 12.0 Å². The first-order valence-electron chi connectivity index (χ1n) is 6.68. The zero-order valence-corrected chi connectivity index (χ0v) is 11.7. The number of carboxylic acid groups (broad SMARTS) is 1. The molecule has 104 valence electrons. The van der Waals surface area contributed by atoms with E-state index in [1.54, 1.807) is 7.11 Å². The molecule has 0 spiro atoms. The highest BCUT2D eigenvalue weighted by Crippen LogP contribution is 2.37. The van der Waals surface area contributed by atoms with E-state index < -0.39 is 5.97 Å². The molecular formula is C15H21NO3. The minimum Gasteiger partial charge on any atom is -0.497 e. The number of rotatable bonds is 4. The van der Waals surface area contributed by atoms with Gasteiger partial charge in [-0.15, -0.1) is 0 Å². The number of ether oxygens (including phenoxy) is 1. The van der Waals surface area contributed by atoms with Crippen LogP contribution in [0.15, 0.2) is 18.2 Å². The summed E-state index contributed by atoms with van der Waals surface area (Å²) in [5.41, 5.74) is 2.34. The second-order valence-electron chi connectivity index (χ2n) is 5.09. The second kappa shape index (κ2) is 5.61. The Hall–Kier alpha value is -1.55. The summed E-state index contributed by atoms with van der Waals surface area (Å²) in [5, 5.41) is 9.42. The van der Waals surface area contributed by atoms with Gasteiger partial charge < -0.3 is 9.84 Å². The molecule has 1 aromatic rings. The van der Waals surface area contributed by atoms with Gasteiger partial charge in [0, 0.05) is 12.6 Å². The van der Waals surface area contributed by atoms with Crippen molar-refractivity contribution in [2.24, 2.45) is 5.92 Å². The summed E-state index contributed by atoms with van der Waals surface area (Å²) in [6.07, 6.45) is 1.57. The Balaban J connectivity index is 2.42. The van der Waals surface area contributed by atoms with Crippen molar-refractivity contribution in [3.05, 3.63) is 29.3 Å². The zero-order valence-electron chi connectivity index (χ0n) is 11.7. The number of carboxylic acids is 1. The van der Waals surface area contributed by atoms with E-state index in [9.17, 15) is 9.90 Å². The maximum atomic E-state index is 11.5. The van der Waals surface area contributed by atoms with Gasteiger partial charge in [0.05, 0.1) is 13.0 Å². The average Bonchev–Trinajstić information content (AvgIpc) is 2.41. The van der Waals surface area contributed by atoms with E-state index in [0.29, 0.717) is 6.42 Å². The van der Waals surface area contributed by atoms with E-state index in [0.717, 1.165) is 24.3 Å². The molecule has 0 radical (unpaired) electrons. The van der Waals surface area contributed by atoms with Crippen molar-refractivity contribution in [3.63, 3.8) is 0 Å². The second-order valence-corrected chi connectivity index (χ2v) is 5.09. The summed E-state index contributed by atoms with van der Waals surface area (Å²) < 4.78 is 5.25. The van der Waals surface area contributed by atoms with Crippen LogP contribution < -0.4 is 4.74 Å². The largest absolute Gasteiger partial charge is 0.497 e. The molecule has 1 aromatic carbocycles. The molecule has 1 heterocycles. The number of nitrogens with zero attached hydrogens (tertiary/aromatic N) is 1. The number of likely N-dealkylation sites (N-methyl/N-ethyl adjacent to an activating group) is 1. The van der Waals surface area contributed by atoms with Gasteiger partial charge in [0.25, 0.3) is 0 Å². The van der Waals surface area contributed by atoms with Gasteiger partial charge in [-0.2, -0.15) is 0 Å². The highest BCUT2D eigenvalue weighted by molar-refractivity contribution is 5.71. The SMILES string of the molecule is CCC(C(=O)O)C1c2ccc(OC)cc2CCN1C. The summed E-state index contributed by atoms with van der Waals surface area (Å²) in [4.78, 5) is 13.6. The standard InChI is InChI=1S/C15H21NO3/c1-4-12(15(17)18)14-13-6-5-11(19-3)9-10(13)7-8-16(14)2/h5-6,9,12,14H,4,7-8H2,1-3H3,(H,17,18). The number of aliphatic carboxylic acids is 1. The Bertz CT molecular complexity index is 472. The van der Waals surface area contributed by atoms with Gasteiger partial charge in [-0.3, -0.25) is 9.69 Å². The molecule has 0 fully saturated rings. The van der Waals surface area contributed by atoms with Crippen molar-refractivity contribution < 1.29 is 14.6 Å². The number of carbonyl (C=O) groups is 1. The summed E-state index contributed by atoms with van der Waals surface area (Å²) >= 11 is 0. The van der Waals surface area contributed by atoms with E-state index in [1.165, 1.54) is 5.56 Å². The van der Waals surface area contributed by atoms with Crippen molar-refractivity contribution in [3.8, 4) is 5.75 Å². The lowest BCUT2D eigenvalue weighted by Gasteiger charge is -2.37. The van der Waals surface area contributed by atoms with Gasteiger partial charge in [-0.05, 0) is 43.1 Å². The molecule has 1 aliphatic heterocycles. The molecule has 0 saturated carbocycles. The van der Waals surface area contributed by atoms with Crippen molar-refractivity contribution in [1.29, 1.82) is 0 Å². The van der Waals surface area contributed by atoms with Gasteiger partial charge in [-0.1, -0.05) is 13.0 Å². The Morgan fingerprint density at radius 3 is 2.89 bits per heavy atom. The van der Waals surface area contributed by atoms with Crippen LogP contribution in [0.4, 0.5) is 0 Å². The molecule has 4 heteroatoms. The molecule has 4 nitrogen and oxygen atoms in total. The molecule has 0 saturated heterocycles. The molecule has 2 atom stereocenters. The molecule has 1 aliphatic rings. The molecule has 0 bridgehead atoms. The van der Waals surface area contributed by atoms with Crippen LogP contribution in [0.1, 0.15) is 30.5 Å². The number of benzene rings is 1. The van der Waals surface area contributed by atoms with Gasteiger partial charge in [-0.25, -0.2) is 0 Å². The monoisotopic (exact) mass is 263 g/mol. The van der Waals surface area contributed by atoms with Crippen molar-refractivity contribution >= 4 is 5.97 Å². The third-order valence-electron chi connectivity index (χ3n) is 4.02. The summed E-state index contributed by atoms with van der Waals surface area (Å²) in [7, 11) is 3.66. The number of hydrogen-bond donors (Lipinski definition) is 1. The lowest BCUT2D eigenvalue weighted by Crippen LogP contribution is -2.39. The normalized spacial score (nSPS) is 20.7. The predicted octanol–water partition coefficient (Wildman–Crippen LogP) is 2.33. The van der Waals surface area contributed by atoms with Gasteiger partial charge in [0.2, 0.25) is 0 Å². The van der Waals surface area contributed by atoms with Crippen LogP contribution in [0.25, 0.3) is 0 Å². The molecule has 0 aromatic heterocycles. The molecule has 1 N–H and O–H groups in total. The number of methoxy groups -OCH3 is 1. The van der Waals surface area contributed by atoms with E-state index in [4.69, 9.17) is 4.74 Å². The first-order chi connectivity index (χ1) is 9.08. The Morgan fingerprint density at radius 2 is 2.32 bits per heavy atom. The van der Waals surface area contributed by atoms with Crippen LogP contribution in [-0.2, 0) is 11.2 Å². The topological polar surface area (TPSA) is 49.8 Å². The van der Waals surface area contributed by atoms with Crippen LogP contribution in [0, 0.1) is 5.92 Å². The van der Waals surface area contributed by atoms with E-state index in [1.807, 2.05) is 32.2 Å². The first kappa shape index (κ1) is 13.9. The fourth-order valence-corrected chi connectivity index (χ4v) is 2.94. The molecule has 0 aliphatic carbocycles. The molecule has 2 rings (SSSR count). The van der Waals surface area contributed by atoms with E-state index in [2.05, 4.69) is 4.90 Å². The van der Waals surface area contributed by atoms with Crippen LogP contribution >= 0.6 is 0 Å². The van der Waals surface area contributed by atoms with Crippen molar-refractivity contribution in [2.75, 3.05) is 20.7 Å². The minimum absolute atomic E-state index is 0.0443. The van der Waals surface area contributed by atoms with Gasteiger partial charge in [0.15, 0.2) is 0 Å². The Kier molecular flexibility index (Phi) is 4.10. The molecular weight excluding hydrogens is 242 g/mol. The van der Waals surface area contributed by atoms with Crippen molar-refractivity contribution in [1.82, 2.24) is 4.90 Å². The van der Waals surface area contributed by atoms with Gasteiger partial charge >= 0.3 is 5.97 Å². The van der Waals surface area contributed by atoms with Crippen LogP contribution in [-0.4, -0.2) is 36.7 Å². The smallest absolute Gasteiger partial charge is 0.308 e. The first-order valence-corrected chi connectivity index (χ1v) is 6.68. The molecule has 0 amide bonds. The Morgan fingerprint density at radius 1 is 1.58 bits per heavy atom. The predicted molar refractivity (Wildman–Crippen MR) is 73.5 cm³/mol. The summed E-state index contributed by atoms with van der Waals surface area (Å²) in [6, 6.07) is 5.92. The maximum Gasteiger partial charge on any atom is 0.308 e. The highest BCUT2D eigenvalue weighted by Gasteiger charge is 2.34. The fourth-order valence-electron chi connectivity index (χ4n) is 2.94. The molecule has 2 unspecified atom stereocenters. The lowest BCUT2D eigenvalue weighted by atomic mass is 9.83. The quantitative estimate of drug-likeness (QED) is 0.906. The average molecular weight is 263 g/mol. The maximum absolute atomic E-state index is 11.5. The number of fused-ring (bicyclic) bond motifs is 1. The van der Waals surface area contributed by atoms with Crippen LogP contribution in [0.2, 0.25) is 0 Å². The van der Waals surface area contributed by atoms with Gasteiger partial charge in [0.1, 0.15) is 5.75 Å². The van der Waals surface area contributed by atoms with Crippen molar-refractivity contribution in [2.45, 2.75) is 25.8 Å². The highest BCUT2D eigenvalue weighted by atomic mass is 16.5. The number of hydrogen-bond acceptors (Lipinski definition) is 3. The summed E-state index contributed by atoms with van der Waals surface area (Å²) in [5.74, 6) is -0.245. The third kappa shape index (κ3) is 2.59. The minimum atomic E-state index is -0.719. The lowest BCUT2D eigenvalue weighted by molar-refractivity contribution is -0.144. The fraction of sp³-hybridized carbons (Fsp3) is 0.533. The van der Waals surface area contributed by atoms with Crippen LogP contribution in [0.5, 0.6) is 5.75 Å².